The molecule has 0 aliphatic carbocycles. The smallest absolute Gasteiger partial charge is 0.236 e. The van der Waals surface area contributed by atoms with Crippen LogP contribution in [0.15, 0.2) is 48.5 Å². The fraction of sp³-hybridized carbons (Fsp3) is 0.440. The Morgan fingerprint density at radius 2 is 1.25 bits per heavy atom. The molecule has 2 fully saturated rings. The maximum atomic E-state index is 12.8. The molecule has 0 spiro atoms. The molecule has 32 heavy (non-hydrogen) atoms. The molecule has 2 aliphatic heterocycles. The van der Waals surface area contributed by atoms with Crippen LogP contribution < -0.4 is 14.5 Å². The lowest BCUT2D eigenvalue weighted by Gasteiger charge is -2.39. The lowest BCUT2D eigenvalue weighted by molar-refractivity contribution is -0.132. The number of methoxy groups -OCH3 is 1. The van der Waals surface area contributed by atoms with Crippen LogP contribution in [0.2, 0.25) is 0 Å². The number of Topliss-reactive ketones (excluding diaryl/α,β-unsaturated/α-hetero) is 1. The lowest BCUT2D eigenvalue weighted by Crippen LogP contribution is -2.54. The van der Waals surface area contributed by atoms with Crippen LogP contribution in [0.4, 0.5) is 11.4 Å². The van der Waals surface area contributed by atoms with Gasteiger partial charge in [-0.2, -0.15) is 0 Å². The number of ether oxygens (including phenoxy) is 1. The molecule has 0 bridgehead atoms. The van der Waals surface area contributed by atoms with Crippen LogP contribution in [0.25, 0.3) is 0 Å². The highest BCUT2D eigenvalue weighted by molar-refractivity contribution is 5.94. The molecule has 2 heterocycles. The maximum absolute atomic E-state index is 12.8. The summed E-state index contributed by atoms with van der Waals surface area (Å²) in [7, 11) is 1.67. The van der Waals surface area contributed by atoms with Crippen LogP contribution >= 0.6 is 0 Å². The average Bonchev–Trinajstić information content (AvgIpc) is 2.85. The number of benzene rings is 2. The minimum Gasteiger partial charge on any atom is -0.497 e. The fourth-order valence-corrected chi connectivity index (χ4v) is 4.37. The van der Waals surface area contributed by atoms with E-state index in [9.17, 15) is 9.59 Å². The van der Waals surface area contributed by atoms with Gasteiger partial charge in [-0.1, -0.05) is 0 Å². The van der Waals surface area contributed by atoms with Gasteiger partial charge in [0.2, 0.25) is 5.91 Å². The van der Waals surface area contributed by atoms with Crippen molar-refractivity contribution in [1.29, 1.82) is 0 Å². The molecule has 4 rings (SSSR count). The first-order valence-corrected chi connectivity index (χ1v) is 11.3. The van der Waals surface area contributed by atoms with Crippen molar-refractivity contribution in [3.05, 3.63) is 54.1 Å². The molecular formula is C25H32N4O3. The molecule has 7 nitrogen and oxygen atoms in total. The summed E-state index contributed by atoms with van der Waals surface area (Å²) in [5, 5.41) is 0. The predicted octanol–water partition coefficient (Wildman–Crippen LogP) is 2.37. The van der Waals surface area contributed by atoms with Crippen LogP contribution in [-0.4, -0.2) is 87.5 Å². The molecule has 170 valence electrons. The van der Waals surface area contributed by atoms with Gasteiger partial charge in [-0.25, -0.2) is 0 Å². The van der Waals surface area contributed by atoms with Crippen molar-refractivity contribution in [1.82, 2.24) is 9.80 Å². The molecule has 2 aliphatic rings. The van der Waals surface area contributed by atoms with Crippen molar-refractivity contribution >= 4 is 23.1 Å². The summed E-state index contributed by atoms with van der Waals surface area (Å²) >= 11 is 0. The Bertz CT molecular complexity index is 913. The topological polar surface area (TPSA) is 56.3 Å². The van der Waals surface area contributed by atoms with Crippen molar-refractivity contribution in [2.45, 2.75) is 6.92 Å². The van der Waals surface area contributed by atoms with E-state index in [1.165, 1.54) is 5.69 Å². The van der Waals surface area contributed by atoms with Crippen molar-refractivity contribution < 1.29 is 14.3 Å². The van der Waals surface area contributed by atoms with Crippen molar-refractivity contribution in [2.24, 2.45) is 0 Å². The third kappa shape index (κ3) is 5.22. The molecule has 2 aromatic rings. The molecule has 0 saturated carbocycles. The summed E-state index contributed by atoms with van der Waals surface area (Å²) in [6.45, 7) is 8.79. The van der Waals surface area contributed by atoms with Crippen LogP contribution in [-0.2, 0) is 4.79 Å². The van der Waals surface area contributed by atoms with Gasteiger partial charge < -0.3 is 19.4 Å². The highest BCUT2D eigenvalue weighted by Crippen LogP contribution is 2.21. The normalized spacial score (nSPS) is 17.4. The molecular weight excluding hydrogens is 404 g/mol. The number of anilines is 2. The van der Waals surface area contributed by atoms with Crippen molar-refractivity contribution in [3.63, 3.8) is 0 Å². The highest BCUT2D eigenvalue weighted by atomic mass is 16.5. The molecule has 0 unspecified atom stereocenters. The predicted molar refractivity (Wildman–Crippen MR) is 127 cm³/mol. The van der Waals surface area contributed by atoms with E-state index in [1.54, 1.807) is 14.0 Å². The Hall–Kier alpha value is -3.06. The Labute approximate surface area is 190 Å². The molecule has 1 amide bonds. The number of carbonyl (C=O) groups excluding carboxylic acids is 2. The molecule has 0 atom stereocenters. The summed E-state index contributed by atoms with van der Waals surface area (Å²) in [5.41, 5.74) is 3.05. The third-order valence-corrected chi connectivity index (χ3v) is 6.44. The fourth-order valence-electron chi connectivity index (χ4n) is 4.37. The molecule has 2 saturated heterocycles. The van der Waals surface area contributed by atoms with Gasteiger partial charge in [-0.15, -0.1) is 0 Å². The Morgan fingerprint density at radius 3 is 1.75 bits per heavy atom. The minimum atomic E-state index is 0.0877. The Balaban J connectivity index is 1.22. The number of rotatable bonds is 6. The number of piperazine rings is 2. The van der Waals surface area contributed by atoms with E-state index in [4.69, 9.17) is 4.74 Å². The van der Waals surface area contributed by atoms with Gasteiger partial charge in [-0.3, -0.25) is 14.5 Å². The van der Waals surface area contributed by atoms with Gasteiger partial charge >= 0.3 is 0 Å². The van der Waals surface area contributed by atoms with Crippen LogP contribution in [0.3, 0.4) is 0 Å². The number of carbonyl (C=O) groups is 2. The second kappa shape index (κ2) is 10.0. The number of nitrogens with zero attached hydrogens (tertiary/aromatic N) is 4. The van der Waals surface area contributed by atoms with Crippen LogP contribution in [0.5, 0.6) is 5.75 Å². The standard InChI is InChI=1S/C25H32N4O3/c1-20(30)21-3-5-22(6-4-21)27-13-11-26(12-14-27)19-25(31)29-17-15-28(16-18-29)23-7-9-24(32-2)10-8-23/h3-10H,11-19H2,1-2H3. The SMILES string of the molecule is COc1ccc(N2CCN(C(=O)CN3CCN(c4ccc(C(C)=O)cc4)CC3)CC2)cc1. The number of hydrogen-bond acceptors (Lipinski definition) is 6. The van der Waals surface area contributed by atoms with Gasteiger partial charge in [-0.05, 0) is 55.5 Å². The van der Waals surface area contributed by atoms with Crippen molar-refractivity contribution in [3.8, 4) is 5.75 Å². The molecule has 2 aromatic carbocycles. The number of hydrogen-bond donors (Lipinski definition) is 0. The first-order chi connectivity index (χ1) is 15.5. The first-order valence-electron chi connectivity index (χ1n) is 11.3. The summed E-state index contributed by atoms with van der Waals surface area (Å²) in [4.78, 5) is 33.2. The zero-order valence-electron chi connectivity index (χ0n) is 19.0. The minimum absolute atomic E-state index is 0.0877. The van der Waals surface area contributed by atoms with E-state index in [0.717, 1.165) is 69.4 Å². The lowest BCUT2D eigenvalue weighted by atomic mass is 10.1. The van der Waals surface area contributed by atoms with E-state index in [2.05, 4.69) is 26.8 Å². The Kier molecular flexibility index (Phi) is 6.95. The van der Waals surface area contributed by atoms with Gasteiger partial charge in [0.25, 0.3) is 0 Å². The number of amides is 1. The average molecular weight is 437 g/mol. The molecule has 7 heteroatoms. The zero-order valence-corrected chi connectivity index (χ0v) is 19.0. The van der Waals surface area contributed by atoms with Crippen LogP contribution in [0, 0.1) is 0 Å². The third-order valence-electron chi connectivity index (χ3n) is 6.44. The second-order valence-corrected chi connectivity index (χ2v) is 8.43. The van der Waals surface area contributed by atoms with E-state index in [-0.39, 0.29) is 11.7 Å². The van der Waals surface area contributed by atoms with Crippen molar-refractivity contribution in [2.75, 3.05) is 75.8 Å². The summed E-state index contributed by atoms with van der Waals surface area (Å²) in [6.07, 6.45) is 0. The van der Waals surface area contributed by atoms with E-state index < -0.39 is 0 Å². The largest absolute Gasteiger partial charge is 0.497 e. The molecule has 0 radical (unpaired) electrons. The molecule has 0 N–H and O–H groups in total. The van der Waals surface area contributed by atoms with E-state index in [0.29, 0.717) is 6.54 Å². The molecule has 0 aromatic heterocycles. The second-order valence-electron chi connectivity index (χ2n) is 8.43. The van der Waals surface area contributed by atoms with E-state index in [1.807, 2.05) is 41.3 Å². The van der Waals surface area contributed by atoms with E-state index >= 15 is 0 Å². The summed E-state index contributed by atoms with van der Waals surface area (Å²) in [5.74, 6) is 1.17. The van der Waals surface area contributed by atoms with Gasteiger partial charge in [0.05, 0.1) is 13.7 Å². The zero-order chi connectivity index (χ0) is 22.5. The van der Waals surface area contributed by atoms with Gasteiger partial charge in [0, 0.05) is 69.3 Å². The van der Waals surface area contributed by atoms with Crippen LogP contribution in [0.1, 0.15) is 17.3 Å². The first kappa shape index (κ1) is 22.1. The van der Waals surface area contributed by atoms with Gasteiger partial charge in [0.1, 0.15) is 5.75 Å². The number of ketones is 1. The Morgan fingerprint density at radius 1 is 0.750 bits per heavy atom. The summed E-state index contributed by atoms with van der Waals surface area (Å²) in [6, 6.07) is 15.9. The highest BCUT2D eigenvalue weighted by Gasteiger charge is 2.25. The quantitative estimate of drug-likeness (QED) is 0.648. The van der Waals surface area contributed by atoms with Gasteiger partial charge in [0.15, 0.2) is 5.78 Å². The monoisotopic (exact) mass is 436 g/mol. The summed E-state index contributed by atoms with van der Waals surface area (Å²) < 4.78 is 5.23. The maximum Gasteiger partial charge on any atom is 0.236 e.